The van der Waals surface area contributed by atoms with E-state index in [-0.39, 0.29) is 0 Å². The van der Waals surface area contributed by atoms with Crippen LogP contribution < -0.4 is 11.1 Å². The molecule has 1 unspecified atom stereocenters. The van der Waals surface area contributed by atoms with Crippen LogP contribution in [0.2, 0.25) is 5.02 Å². The molecule has 0 aliphatic carbocycles. The van der Waals surface area contributed by atoms with E-state index in [9.17, 15) is 4.79 Å². The summed E-state index contributed by atoms with van der Waals surface area (Å²) in [5.41, 5.74) is 6.31. The number of anilines is 1. The summed E-state index contributed by atoms with van der Waals surface area (Å²) in [7, 11) is 0. The number of halogens is 1. The number of nitrogens with one attached hydrogen (secondary N) is 1. The second-order valence-corrected chi connectivity index (χ2v) is 6.34. The van der Waals surface area contributed by atoms with Gasteiger partial charge in [-0.05, 0) is 29.1 Å². The lowest BCUT2D eigenvalue weighted by Crippen LogP contribution is -2.28. The van der Waals surface area contributed by atoms with E-state index < -0.39 is 11.9 Å². The molecule has 5 nitrogen and oxygen atoms in total. The Bertz CT molecular complexity index is 847. The summed E-state index contributed by atoms with van der Waals surface area (Å²) >= 11 is 7.44. The number of thiophene rings is 1. The Morgan fingerprint density at radius 2 is 2.04 bits per heavy atom. The maximum atomic E-state index is 11.9. The second-order valence-electron chi connectivity index (χ2n) is 5.01. The lowest BCUT2D eigenvalue weighted by Gasteiger charge is -2.17. The fourth-order valence-electron chi connectivity index (χ4n) is 2.28. The van der Waals surface area contributed by atoms with Crippen molar-refractivity contribution in [1.82, 2.24) is 9.97 Å². The molecule has 0 aliphatic heterocycles. The molecule has 23 heavy (non-hydrogen) atoms. The summed E-state index contributed by atoms with van der Waals surface area (Å²) in [4.78, 5) is 21.8. The monoisotopic (exact) mass is 346 g/mol. The number of hydrogen-bond donors (Lipinski definition) is 2. The highest BCUT2D eigenvalue weighted by Gasteiger charge is 2.20. The number of hydrogen-bond acceptors (Lipinski definition) is 5. The minimum absolute atomic E-state index is 0.479. The highest BCUT2D eigenvalue weighted by Crippen LogP contribution is 2.28. The first kappa shape index (κ1) is 15.7. The Kier molecular flexibility index (Phi) is 4.45. The fourth-order valence-corrected chi connectivity index (χ4v) is 3.19. The predicted octanol–water partition coefficient (Wildman–Crippen LogP) is 3.55. The summed E-state index contributed by atoms with van der Waals surface area (Å²) in [6.07, 6.45) is 0.713. The fraction of sp³-hybridized carbons (Fsp3) is 0.188. The molecule has 118 valence electrons. The zero-order chi connectivity index (χ0) is 16.4. The Labute approximate surface area is 142 Å². The van der Waals surface area contributed by atoms with Gasteiger partial charge in [0.1, 0.15) is 22.5 Å². The van der Waals surface area contributed by atoms with Gasteiger partial charge in [0, 0.05) is 11.4 Å². The molecule has 2 aromatic heterocycles. The second kappa shape index (κ2) is 6.52. The van der Waals surface area contributed by atoms with Crippen LogP contribution in [0.1, 0.15) is 24.4 Å². The lowest BCUT2D eigenvalue weighted by atomic mass is 10.1. The minimum atomic E-state index is -0.685. The van der Waals surface area contributed by atoms with Crippen molar-refractivity contribution in [1.29, 1.82) is 0 Å². The first-order valence-electron chi connectivity index (χ1n) is 7.14. The van der Waals surface area contributed by atoms with E-state index in [2.05, 4.69) is 15.3 Å². The van der Waals surface area contributed by atoms with Crippen LogP contribution in [0, 0.1) is 0 Å². The van der Waals surface area contributed by atoms with Crippen LogP contribution in [0.4, 0.5) is 5.82 Å². The van der Waals surface area contributed by atoms with Crippen LogP contribution in [0.3, 0.4) is 0 Å². The quantitative estimate of drug-likeness (QED) is 0.740. The molecule has 0 saturated carbocycles. The van der Waals surface area contributed by atoms with Gasteiger partial charge in [-0.15, -0.1) is 11.3 Å². The van der Waals surface area contributed by atoms with Gasteiger partial charge >= 0.3 is 0 Å². The number of primary amides is 1. The molecule has 0 spiro atoms. The Hall–Kier alpha value is -2.18. The number of aromatic nitrogens is 2. The van der Waals surface area contributed by atoms with E-state index in [1.807, 2.05) is 18.4 Å². The highest BCUT2D eigenvalue weighted by molar-refractivity contribution is 7.16. The Morgan fingerprint density at radius 1 is 1.30 bits per heavy atom. The molecule has 2 heterocycles. The molecule has 3 N–H and O–H groups in total. The molecule has 3 rings (SSSR count). The number of nitrogens with two attached hydrogens (primary N) is 1. The van der Waals surface area contributed by atoms with Crippen molar-refractivity contribution in [3.8, 4) is 0 Å². The maximum absolute atomic E-state index is 11.9. The van der Waals surface area contributed by atoms with E-state index >= 15 is 0 Å². The molecule has 1 atom stereocenters. The van der Waals surface area contributed by atoms with Gasteiger partial charge in [-0.2, -0.15) is 0 Å². The summed E-state index contributed by atoms with van der Waals surface area (Å²) < 4.78 is 0. The van der Waals surface area contributed by atoms with E-state index in [1.165, 1.54) is 11.3 Å². The van der Waals surface area contributed by atoms with Gasteiger partial charge < -0.3 is 11.1 Å². The van der Waals surface area contributed by atoms with Gasteiger partial charge in [0.15, 0.2) is 0 Å². The number of benzene rings is 1. The average molecular weight is 347 g/mol. The highest BCUT2D eigenvalue weighted by atomic mass is 35.5. The van der Waals surface area contributed by atoms with Crippen molar-refractivity contribution < 1.29 is 4.79 Å². The number of nitrogens with zero attached hydrogens (tertiary/aromatic N) is 2. The smallest absolute Gasteiger partial charge is 0.244 e. The van der Waals surface area contributed by atoms with Crippen LogP contribution in [-0.2, 0) is 11.2 Å². The molecule has 0 bridgehead atoms. The topological polar surface area (TPSA) is 80.9 Å². The van der Waals surface area contributed by atoms with Gasteiger partial charge in [0.2, 0.25) is 5.91 Å². The summed E-state index contributed by atoms with van der Waals surface area (Å²) in [5, 5.41) is 6.59. The number of carbonyl (C=O) groups excluding carboxylic acids is 1. The molecule has 0 aliphatic rings. The van der Waals surface area contributed by atoms with Gasteiger partial charge in [-0.25, -0.2) is 9.97 Å². The third-order valence-corrected chi connectivity index (χ3v) is 4.52. The normalized spacial score (nSPS) is 12.3. The largest absolute Gasteiger partial charge is 0.368 e. The molecular weight excluding hydrogens is 332 g/mol. The van der Waals surface area contributed by atoms with Crippen molar-refractivity contribution in [2.45, 2.75) is 19.4 Å². The SMILES string of the molecule is CCc1nc(NC(C(N)=O)c2ccc(Cl)cc2)c2ccsc2n1. The van der Waals surface area contributed by atoms with Crippen LogP contribution in [0.25, 0.3) is 10.2 Å². The minimum Gasteiger partial charge on any atom is -0.368 e. The van der Waals surface area contributed by atoms with Gasteiger partial charge in [-0.3, -0.25) is 4.79 Å². The van der Waals surface area contributed by atoms with E-state index in [1.54, 1.807) is 24.3 Å². The third kappa shape index (κ3) is 3.28. The van der Waals surface area contributed by atoms with Gasteiger partial charge in [0.05, 0.1) is 5.39 Å². The molecule has 7 heteroatoms. The number of rotatable bonds is 5. The Morgan fingerprint density at radius 3 is 2.70 bits per heavy atom. The van der Waals surface area contributed by atoms with E-state index in [0.29, 0.717) is 17.3 Å². The third-order valence-electron chi connectivity index (χ3n) is 3.46. The van der Waals surface area contributed by atoms with Crippen molar-refractivity contribution in [2.24, 2.45) is 5.73 Å². The zero-order valence-corrected chi connectivity index (χ0v) is 14.0. The average Bonchev–Trinajstić information content (AvgIpc) is 3.01. The number of carbonyl (C=O) groups is 1. The lowest BCUT2D eigenvalue weighted by molar-refractivity contribution is -0.118. The maximum Gasteiger partial charge on any atom is 0.244 e. The zero-order valence-electron chi connectivity index (χ0n) is 12.4. The van der Waals surface area contributed by atoms with Crippen LogP contribution >= 0.6 is 22.9 Å². The van der Waals surface area contributed by atoms with Crippen LogP contribution in [-0.4, -0.2) is 15.9 Å². The first-order chi connectivity index (χ1) is 11.1. The predicted molar refractivity (Wildman–Crippen MR) is 93.8 cm³/mol. The molecular formula is C16H15ClN4OS. The van der Waals surface area contributed by atoms with Gasteiger partial charge in [0.25, 0.3) is 0 Å². The van der Waals surface area contributed by atoms with Crippen molar-refractivity contribution >= 4 is 44.9 Å². The van der Waals surface area contributed by atoms with Crippen molar-refractivity contribution in [3.05, 3.63) is 52.1 Å². The van der Waals surface area contributed by atoms with Gasteiger partial charge in [-0.1, -0.05) is 30.7 Å². The summed E-state index contributed by atoms with van der Waals surface area (Å²) in [5.74, 6) is 0.862. The van der Waals surface area contributed by atoms with Crippen LogP contribution in [0.5, 0.6) is 0 Å². The molecule has 0 radical (unpaired) electrons. The van der Waals surface area contributed by atoms with Crippen molar-refractivity contribution in [3.63, 3.8) is 0 Å². The molecule has 1 amide bonds. The first-order valence-corrected chi connectivity index (χ1v) is 8.39. The number of aryl methyl sites for hydroxylation is 1. The molecule has 1 aromatic carbocycles. The summed E-state index contributed by atoms with van der Waals surface area (Å²) in [6, 6.07) is 8.25. The molecule has 3 aromatic rings. The molecule has 0 saturated heterocycles. The standard InChI is InChI=1S/C16H15ClN4OS/c1-2-12-19-15(11-7-8-23-16(11)20-12)21-13(14(18)22)9-3-5-10(17)6-4-9/h3-8,13H,2H2,1H3,(H2,18,22)(H,19,20,21). The van der Waals surface area contributed by atoms with Crippen LogP contribution in [0.15, 0.2) is 35.7 Å². The molecule has 0 fully saturated rings. The summed E-state index contributed by atoms with van der Waals surface area (Å²) in [6.45, 7) is 1.99. The number of fused-ring (bicyclic) bond motifs is 1. The van der Waals surface area contributed by atoms with Crippen molar-refractivity contribution in [2.75, 3.05) is 5.32 Å². The van der Waals surface area contributed by atoms with E-state index in [0.717, 1.165) is 21.6 Å². The van der Waals surface area contributed by atoms with E-state index in [4.69, 9.17) is 17.3 Å². The number of amides is 1. The Balaban J connectivity index is 2.02.